The number of nitrogens with zero attached hydrogens (tertiary/aromatic N) is 2. The summed E-state index contributed by atoms with van der Waals surface area (Å²) in [5.41, 5.74) is 7.13. The summed E-state index contributed by atoms with van der Waals surface area (Å²) in [6, 6.07) is 11.8. The molecule has 0 aliphatic rings. The molecule has 2 rings (SSSR count). The summed E-state index contributed by atoms with van der Waals surface area (Å²) < 4.78 is 0. The van der Waals surface area contributed by atoms with Crippen molar-refractivity contribution in [3.8, 4) is 0 Å². The quantitative estimate of drug-likeness (QED) is 0.297. The molecule has 3 N–H and O–H groups in total. The summed E-state index contributed by atoms with van der Waals surface area (Å²) in [6.45, 7) is 1.87. The Morgan fingerprint density at radius 1 is 1.29 bits per heavy atom. The Morgan fingerprint density at radius 3 is 2.67 bits per heavy atom. The number of hydrogen-bond acceptors (Lipinski definition) is 5. The average molecular weight is 303 g/mol. The lowest BCUT2D eigenvalue weighted by atomic mass is 10.1. The van der Waals surface area contributed by atoms with Gasteiger partial charge < -0.3 is 10.9 Å². The van der Waals surface area contributed by atoms with Crippen molar-refractivity contribution in [2.24, 2.45) is 10.9 Å². The van der Waals surface area contributed by atoms with Gasteiger partial charge in [0.1, 0.15) is 0 Å². The second kappa shape index (κ2) is 6.27. The molecule has 0 heterocycles. The third-order valence-corrected chi connectivity index (χ3v) is 4.18. The van der Waals surface area contributed by atoms with E-state index >= 15 is 0 Å². The lowest BCUT2D eigenvalue weighted by Crippen LogP contribution is -2.14. The highest BCUT2D eigenvalue weighted by molar-refractivity contribution is 7.99. The van der Waals surface area contributed by atoms with Crippen LogP contribution in [-0.2, 0) is 0 Å². The molecule has 0 atom stereocenters. The van der Waals surface area contributed by atoms with Crippen LogP contribution >= 0.6 is 11.8 Å². The van der Waals surface area contributed by atoms with Crippen LogP contribution in [0.2, 0.25) is 0 Å². The van der Waals surface area contributed by atoms with Gasteiger partial charge in [0.05, 0.1) is 9.82 Å². The molecule has 0 aromatic heterocycles. The number of rotatable bonds is 4. The molecule has 6 nitrogen and oxygen atoms in total. The minimum Gasteiger partial charge on any atom is -0.409 e. The highest BCUT2D eigenvalue weighted by atomic mass is 32.2. The van der Waals surface area contributed by atoms with E-state index in [9.17, 15) is 10.1 Å². The highest BCUT2D eigenvalue weighted by Crippen LogP contribution is 2.37. The van der Waals surface area contributed by atoms with Crippen LogP contribution in [-0.4, -0.2) is 16.0 Å². The van der Waals surface area contributed by atoms with Gasteiger partial charge in [-0.15, -0.1) is 0 Å². The maximum absolute atomic E-state index is 11.1. The maximum Gasteiger partial charge on any atom is 0.283 e. The van der Waals surface area contributed by atoms with Crippen molar-refractivity contribution in [1.29, 1.82) is 0 Å². The molecule has 7 heteroatoms. The number of nitrogens with two attached hydrogens (primary N) is 1. The maximum atomic E-state index is 11.1. The summed E-state index contributed by atoms with van der Waals surface area (Å²) in [7, 11) is 0. The Morgan fingerprint density at radius 2 is 2.00 bits per heavy atom. The Balaban J connectivity index is 2.52. The molecule has 0 fully saturated rings. The van der Waals surface area contributed by atoms with Gasteiger partial charge in [-0.1, -0.05) is 41.2 Å². The van der Waals surface area contributed by atoms with E-state index in [2.05, 4.69) is 5.16 Å². The first-order chi connectivity index (χ1) is 10.0. The van der Waals surface area contributed by atoms with Gasteiger partial charge in [0, 0.05) is 16.5 Å². The van der Waals surface area contributed by atoms with Crippen molar-refractivity contribution >= 4 is 23.3 Å². The largest absolute Gasteiger partial charge is 0.409 e. The van der Waals surface area contributed by atoms with Gasteiger partial charge in [0.2, 0.25) is 0 Å². The highest BCUT2D eigenvalue weighted by Gasteiger charge is 2.17. The fourth-order valence-electron chi connectivity index (χ4n) is 1.85. The molecule has 0 unspecified atom stereocenters. The Bertz CT molecular complexity index is 716. The third-order valence-electron chi connectivity index (χ3n) is 2.87. The van der Waals surface area contributed by atoms with E-state index in [1.807, 2.05) is 13.0 Å². The minimum atomic E-state index is -0.427. The first-order valence-corrected chi connectivity index (χ1v) is 6.85. The van der Waals surface area contributed by atoms with Crippen LogP contribution < -0.4 is 5.73 Å². The van der Waals surface area contributed by atoms with Crippen LogP contribution in [0.25, 0.3) is 0 Å². The zero-order valence-electron chi connectivity index (χ0n) is 11.2. The summed E-state index contributed by atoms with van der Waals surface area (Å²) in [4.78, 5) is 11.9. The zero-order chi connectivity index (χ0) is 15.4. The summed E-state index contributed by atoms with van der Waals surface area (Å²) in [5.74, 6) is -0.0280. The van der Waals surface area contributed by atoms with Crippen LogP contribution in [0.3, 0.4) is 0 Å². The zero-order valence-corrected chi connectivity index (χ0v) is 12.0. The monoisotopic (exact) mass is 303 g/mol. The topological polar surface area (TPSA) is 102 Å². The van der Waals surface area contributed by atoms with E-state index in [4.69, 9.17) is 10.9 Å². The van der Waals surface area contributed by atoms with Gasteiger partial charge in [-0.3, -0.25) is 10.1 Å². The molecule has 0 radical (unpaired) electrons. The second-order valence-electron chi connectivity index (χ2n) is 4.26. The fourth-order valence-corrected chi connectivity index (χ4v) is 2.97. The lowest BCUT2D eigenvalue weighted by molar-refractivity contribution is -0.387. The lowest BCUT2D eigenvalue weighted by Gasteiger charge is -2.11. The van der Waals surface area contributed by atoms with Gasteiger partial charge in [-0.2, -0.15) is 0 Å². The number of para-hydroxylation sites is 1. The number of oxime groups is 1. The number of hydrogen-bond donors (Lipinski definition) is 2. The van der Waals surface area contributed by atoms with E-state index < -0.39 is 4.92 Å². The molecule has 0 amide bonds. The standard InChI is InChI=1S/C14H13N3O3S/c1-9-5-4-6-10(14(15)16-18)13(9)21-12-8-3-2-7-11(12)17(19)20/h2-8,18H,1H3,(H2,15,16). The van der Waals surface area contributed by atoms with E-state index in [0.29, 0.717) is 10.5 Å². The Hall–Kier alpha value is -2.54. The van der Waals surface area contributed by atoms with Crippen LogP contribution in [0.1, 0.15) is 11.1 Å². The minimum absolute atomic E-state index is 0.0243. The van der Waals surface area contributed by atoms with Crippen LogP contribution in [0.5, 0.6) is 0 Å². The van der Waals surface area contributed by atoms with Crippen molar-refractivity contribution in [2.45, 2.75) is 16.7 Å². The van der Waals surface area contributed by atoms with E-state index in [1.54, 1.807) is 30.3 Å². The van der Waals surface area contributed by atoms with Crippen molar-refractivity contribution in [1.82, 2.24) is 0 Å². The van der Waals surface area contributed by atoms with Gasteiger partial charge in [0.25, 0.3) is 5.69 Å². The van der Waals surface area contributed by atoms with E-state index in [1.165, 1.54) is 17.8 Å². The average Bonchev–Trinajstić information content (AvgIpc) is 2.48. The predicted octanol–water partition coefficient (Wildman–Crippen LogP) is 3.15. The van der Waals surface area contributed by atoms with Gasteiger partial charge in [0.15, 0.2) is 5.84 Å². The molecule has 0 bridgehead atoms. The number of aryl methyl sites for hydroxylation is 1. The summed E-state index contributed by atoms with van der Waals surface area (Å²) >= 11 is 1.23. The van der Waals surface area contributed by atoms with Crippen LogP contribution in [0, 0.1) is 17.0 Å². The molecular formula is C14H13N3O3S. The van der Waals surface area contributed by atoms with Crippen molar-refractivity contribution in [3.05, 3.63) is 63.7 Å². The van der Waals surface area contributed by atoms with Crippen molar-refractivity contribution in [2.75, 3.05) is 0 Å². The van der Waals surface area contributed by atoms with E-state index in [-0.39, 0.29) is 11.5 Å². The molecule has 0 aliphatic heterocycles. The predicted molar refractivity (Wildman–Crippen MR) is 80.9 cm³/mol. The molecule has 108 valence electrons. The second-order valence-corrected chi connectivity index (χ2v) is 5.32. The fraction of sp³-hybridized carbons (Fsp3) is 0.0714. The molecular weight excluding hydrogens is 290 g/mol. The molecule has 2 aromatic carbocycles. The first-order valence-electron chi connectivity index (χ1n) is 6.03. The number of benzene rings is 2. The molecule has 0 saturated heterocycles. The SMILES string of the molecule is Cc1cccc(/C(N)=N/O)c1Sc1ccccc1[N+](=O)[O-]. The van der Waals surface area contributed by atoms with Crippen LogP contribution in [0.15, 0.2) is 57.4 Å². The molecule has 0 spiro atoms. The number of nitro groups is 1. The Kier molecular flexibility index (Phi) is 4.44. The van der Waals surface area contributed by atoms with Gasteiger partial charge >= 0.3 is 0 Å². The third kappa shape index (κ3) is 3.14. The number of amidine groups is 1. The molecule has 0 aliphatic carbocycles. The van der Waals surface area contributed by atoms with Crippen molar-refractivity contribution in [3.63, 3.8) is 0 Å². The van der Waals surface area contributed by atoms with E-state index in [0.717, 1.165) is 10.5 Å². The normalized spacial score (nSPS) is 11.4. The smallest absolute Gasteiger partial charge is 0.283 e. The number of nitro benzene ring substituents is 1. The van der Waals surface area contributed by atoms with Gasteiger partial charge in [-0.25, -0.2) is 0 Å². The molecule has 2 aromatic rings. The first kappa shape index (κ1) is 14.9. The summed E-state index contributed by atoms with van der Waals surface area (Å²) in [5, 5.41) is 22.9. The van der Waals surface area contributed by atoms with Crippen LogP contribution in [0.4, 0.5) is 5.69 Å². The van der Waals surface area contributed by atoms with Gasteiger partial charge in [-0.05, 0) is 24.6 Å². The molecule has 0 saturated carbocycles. The summed E-state index contributed by atoms with van der Waals surface area (Å²) in [6.07, 6.45) is 0. The Labute approximate surface area is 125 Å². The molecule has 21 heavy (non-hydrogen) atoms. The van der Waals surface area contributed by atoms with Crippen molar-refractivity contribution < 1.29 is 10.1 Å².